The van der Waals surface area contributed by atoms with E-state index in [1.807, 2.05) is 18.2 Å². The molecule has 0 aliphatic carbocycles. The van der Waals surface area contributed by atoms with Crippen LogP contribution in [-0.4, -0.2) is 54.0 Å². The molecule has 0 aliphatic rings. The third-order valence-corrected chi connectivity index (χ3v) is 4.90. The first-order chi connectivity index (χ1) is 14.0. The Morgan fingerprint density at radius 3 is 2.52 bits per heavy atom. The molecule has 0 saturated carbocycles. The van der Waals surface area contributed by atoms with Gasteiger partial charge in [0.15, 0.2) is 0 Å². The van der Waals surface area contributed by atoms with E-state index in [-0.39, 0.29) is 36.9 Å². The van der Waals surface area contributed by atoms with Gasteiger partial charge in [-0.25, -0.2) is 0 Å². The molecule has 0 aliphatic heterocycles. The molecule has 7 heteroatoms. The number of pyridine rings is 1. The molecule has 1 aromatic heterocycles. The lowest BCUT2D eigenvalue weighted by molar-refractivity contribution is -0.122. The van der Waals surface area contributed by atoms with Crippen LogP contribution in [0.3, 0.4) is 0 Å². The highest BCUT2D eigenvalue weighted by atomic mass is 16.2. The van der Waals surface area contributed by atoms with Gasteiger partial charge in [0.05, 0.1) is 0 Å². The number of rotatable bonds is 12. The van der Waals surface area contributed by atoms with E-state index in [0.717, 1.165) is 37.9 Å². The Morgan fingerprint density at radius 2 is 1.76 bits per heavy atom. The van der Waals surface area contributed by atoms with Gasteiger partial charge in [-0.15, -0.1) is 0 Å². The average Bonchev–Trinajstić information content (AvgIpc) is 2.72. The van der Waals surface area contributed by atoms with Crippen molar-refractivity contribution < 1.29 is 9.59 Å². The molecule has 2 N–H and O–H groups in total. The largest absolute Gasteiger partial charge is 0.355 e. The van der Waals surface area contributed by atoms with E-state index < -0.39 is 0 Å². The summed E-state index contributed by atoms with van der Waals surface area (Å²) in [7, 11) is 0. The van der Waals surface area contributed by atoms with Crippen molar-refractivity contribution >= 4 is 22.6 Å². The Bertz CT molecular complexity index is 863. The summed E-state index contributed by atoms with van der Waals surface area (Å²) in [6.07, 6.45) is 4.16. The second kappa shape index (κ2) is 12.0. The third-order valence-electron chi connectivity index (χ3n) is 4.90. The number of carbonyl (C=O) groups excluding carboxylic acids is 2. The van der Waals surface area contributed by atoms with Gasteiger partial charge in [-0.2, -0.15) is 0 Å². The molecule has 0 unspecified atom stereocenters. The second-order valence-corrected chi connectivity index (χ2v) is 7.07. The monoisotopic (exact) mass is 400 g/mol. The van der Waals surface area contributed by atoms with Crippen LogP contribution in [0.4, 0.5) is 0 Å². The number of nitrogens with one attached hydrogen (secondary N) is 2. The quantitative estimate of drug-likeness (QED) is 0.569. The molecule has 29 heavy (non-hydrogen) atoms. The Labute approximate surface area is 172 Å². The van der Waals surface area contributed by atoms with E-state index in [9.17, 15) is 14.4 Å². The van der Waals surface area contributed by atoms with E-state index in [1.54, 1.807) is 18.3 Å². The second-order valence-electron chi connectivity index (χ2n) is 7.07. The highest BCUT2D eigenvalue weighted by molar-refractivity contribution is 5.82. The first-order valence-corrected chi connectivity index (χ1v) is 10.4. The molecule has 0 bridgehead atoms. The maximum atomic E-state index is 12.4. The molecule has 2 rings (SSSR count). The van der Waals surface area contributed by atoms with Gasteiger partial charge in [0.1, 0.15) is 6.54 Å². The Kier molecular flexibility index (Phi) is 9.37. The molecule has 0 fully saturated rings. The van der Waals surface area contributed by atoms with Gasteiger partial charge in [-0.1, -0.05) is 38.5 Å². The average molecular weight is 401 g/mol. The standard InChI is InChI=1S/C22H32N4O3/c1-3-5-14-25(4-2)16-13-24-20(27)10-12-23-21(28)17-26-15-11-18-8-6-7-9-19(18)22(26)29/h6-9,11,15H,3-5,10,12-14,16-17H2,1-2H3,(H,23,28)(H,24,27). The number of aromatic nitrogens is 1. The smallest absolute Gasteiger partial charge is 0.258 e. The van der Waals surface area contributed by atoms with Gasteiger partial charge in [0.25, 0.3) is 5.56 Å². The van der Waals surface area contributed by atoms with Crippen LogP contribution >= 0.6 is 0 Å². The Balaban J connectivity index is 1.70. The summed E-state index contributed by atoms with van der Waals surface area (Å²) in [6.45, 7) is 7.94. The number of amides is 2. The van der Waals surface area contributed by atoms with Crippen LogP contribution in [0.1, 0.15) is 33.1 Å². The molecular formula is C22H32N4O3. The lowest BCUT2D eigenvalue weighted by Gasteiger charge is -2.20. The highest BCUT2D eigenvalue weighted by Crippen LogP contribution is 2.07. The molecule has 0 spiro atoms. The van der Waals surface area contributed by atoms with Crippen LogP contribution in [0.2, 0.25) is 0 Å². The molecule has 2 amide bonds. The van der Waals surface area contributed by atoms with Crippen LogP contribution in [0.15, 0.2) is 41.3 Å². The summed E-state index contributed by atoms with van der Waals surface area (Å²) >= 11 is 0. The Morgan fingerprint density at radius 1 is 1.00 bits per heavy atom. The molecule has 0 atom stereocenters. The molecule has 7 nitrogen and oxygen atoms in total. The zero-order valence-corrected chi connectivity index (χ0v) is 17.4. The first kappa shape index (κ1) is 22.6. The van der Waals surface area contributed by atoms with E-state index in [0.29, 0.717) is 11.9 Å². The zero-order chi connectivity index (χ0) is 21.1. The number of benzene rings is 1. The Hall–Kier alpha value is -2.67. The third kappa shape index (κ3) is 7.34. The first-order valence-electron chi connectivity index (χ1n) is 10.4. The minimum absolute atomic E-state index is 0.0613. The van der Waals surface area contributed by atoms with Crippen LogP contribution in [0, 0.1) is 0 Å². The van der Waals surface area contributed by atoms with Crippen LogP contribution in [0.5, 0.6) is 0 Å². The maximum absolute atomic E-state index is 12.4. The van der Waals surface area contributed by atoms with Crippen molar-refractivity contribution in [1.82, 2.24) is 20.1 Å². The number of fused-ring (bicyclic) bond motifs is 1. The summed E-state index contributed by atoms with van der Waals surface area (Å²) in [6, 6.07) is 9.10. The van der Waals surface area contributed by atoms with Gasteiger partial charge >= 0.3 is 0 Å². The molecule has 0 saturated heterocycles. The van der Waals surface area contributed by atoms with Crippen molar-refractivity contribution in [3.05, 3.63) is 46.9 Å². The SMILES string of the molecule is CCCCN(CC)CCNC(=O)CCNC(=O)Cn1ccc2ccccc2c1=O. The van der Waals surface area contributed by atoms with Gasteiger partial charge in [-0.3, -0.25) is 14.4 Å². The summed E-state index contributed by atoms with van der Waals surface area (Å²) in [4.78, 5) is 38.8. The summed E-state index contributed by atoms with van der Waals surface area (Å²) in [5, 5.41) is 7.03. The topological polar surface area (TPSA) is 83.4 Å². The van der Waals surface area contributed by atoms with Gasteiger partial charge in [0, 0.05) is 37.6 Å². The molecule has 2 aromatic rings. The predicted octanol–water partition coefficient (Wildman–Crippen LogP) is 1.75. The van der Waals surface area contributed by atoms with Gasteiger partial charge < -0.3 is 20.1 Å². The van der Waals surface area contributed by atoms with Gasteiger partial charge in [0.2, 0.25) is 11.8 Å². The van der Waals surface area contributed by atoms with Crippen LogP contribution < -0.4 is 16.2 Å². The zero-order valence-electron chi connectivity index (χ0n) is 17.4. The van der Waals surface area contributed by atoms with Crippen molar-refractivity contribution in [2.24, 2.45) is 0 Å². The molecular weight excluding hydrogens is 368 g/mol. The molecule has 0 radical (unpaired) electrons. The van der Waals surface area contributed by atoms with Crippen molar-refractivity contribution in [2.45, 2.75) is 39.7 Å². The van der Waals surface area contributed by atoms with Gasteiger partial charge in [-0.05, 0) is 37.0 Å². The number of hydrogen-bond acceptors (Lipinski definition) is 4. The number of hydrogen-bond donors (Lipinski definition) is 2. The summed E-state index contributed by atoms with van der Waals surface area (Å²) in [5.41, 5.74) is -0.195. The summed E-state index contributed by atoms with van der Waals surface area (Å²) in [5.74, 6) is -0.369. The normalized spacial score (nSPS) is 11.0. The van der Waals surface area contributed by atoms with E-state index in [1.165, 1.54) is 4.57 Å². The van der Waals surface area contributed by atoms with Crippen LogP contribution in [-0.2, 0) is 16.1 Å². The number of likely N-dealkylation sites (N-methyl/N-ethyl adjacent to an activating group) is 1. The summed E-state index contributed by atoms with van der Waals surface area (Å²) < 4.78 is 1.38. The number of carbonyl (C=O) groups is 2. The molecule has 158 valence electrons. The fraction of sp³-hybridized carbons (Fsp3) is 0.500. The number of unbranched alkanes of at least 4 members (excludes halogenated alkanes) is 1. The molecule has 1 heterocycles. The molecule has 1 aromatic carbocycles. The highest BCUT2D eigenvalue weighted by Gasteiger charge is 2.08. The van der Waals surface area contributed by atoms with Crippen LogP contribution in [0.25, 0.3) is 10.8 Å². The van der Waals surface area contributed by atoms with Crippen molar-refractivity contribution in [1.29, 1.82) is 0 Å². The fourth-order valence-electron chi connectivity index (χ4n) is 3.13. The fourth-order valence-corrected chi connectivity index (χ4v) is 3.13. The van der Waals surface area contributed by atoms with Crippen molar-refractivity contribution in [2.75, 3.05) is 32.7 Å². The predicted molar refractivity (Wildman–Crippen MR) is 116 cm³/mol. The minimum Gasteiger partial charge on any atom is -0.355 e. The van der Waals surface area contributed by atoms with E-state index in [2.05, 4.69) is 29.4 Å². The van der Waals surface area contributed by atoms with E-state index >= 15 is 0 Å². The minimum atomic E-state index is -0.285. The lowest BCUT2D eigenvalue weighted by atomic mass is 10.2. The van der Waals surface area contributed by atoms with Crippen molar-refractivity contribution in [3.8, 4) is 0 Å². The van der Waals surface area contributed by atoms with Crippen molar-refractivity contribution in [3.63, 3.8) is 0 Å². The number of nitrogens with zero attached hydrogens (tertiary/aromatic N) is 2. The lowest BCUT2D eigenvalue weighted by Crippen LogP contribution is -2.37. The van der Waals surface area contributed by atoms with E-state index in [4.69, 9.17) is 0 Å². The maximum Gasteiger partial charge on any atom is 0.258 e.